The van der Waals surface area contributed by atoms with Gasteiger partial charge in [-0.1, -0.05) is 91.1 Å². The standard InChI is InChI=1S/C40H30N2O2/c1-3-11-25(12-4-1)27-15-9-16-29(23-27)37-39-38(42-40(41-37)26-13-5-2-6-14-26)32-24-28(21-22-34(32)44-39)30-18-10-20-35-36(30)31-17-7-8-19-33(31)43-35/h1-6,8-13,15-16,19-24,26,30H,7,14,17-18H2. The minimum atomic E-state index is 0.116. The van der Waals surface area contributed by atoms with Crippen LogP contribution in [0.15, 0.2) is 118 Å². The molecule has 0 aliphatic heterocycles. The second-order valence-corrected chi connectivity index (χ2v) is 11.9. The maximum absolute atomic E-state index is 6.61. The van der Waals surface area contributed by atoms with Gasteiger partial charge in [0, 0.05) is 33.9 Å². The van der Waals surface area contributed by atoms with E-state index < -0.39 is 0 Å². The van der Waals surface area contributed by atoms with E-state index in [2.05, 4.69) is 115 Å². The van der Waals surface area contributed by atoms with E-state index in [4.69, 9.17) is 18.8 Å². The number of aromatic nitrogens is 2. The fourth-order valence-corrected chi connectivity index (χ4v) is 7.07. The molecule has 3 aliphatic rings. The average Bonchev–Trinajstić information content (AvgIpc) is 3.67. The van der Waals surface area contributed by atoms with E-state index in [0.29, 0.717) is 0 Å². The topological polar surface area (TPSA) is 52.1 Å². The van der Waals surface area contributed by atoms with E-state index in [1.54, 1.807) is 0 Å². The van der Waals surface area contributed by atoms with Crippen molar-refractivity contribution in [2.45, 2.75) is 37.5 Å². The van der Waals surface area contributed by atoms with Gasteiger partial charge in [0.15, 0.2) is 5.58 Å². The first-order valence-electron chi connectivity index (χ1n) is 15.5. The summed E-state index contributed by atoms with van der Waals surface area (Å²) in [5.74, 6) is 3.19. The van der Waals surface area contributed by atoms with Crippen molar-refractivity contribution in [2.75, 3.05) is 0 Å². The fourth-order valence-electron chi connectivity index (χ4n) is 7.07. The van der Waals surface area contributed by atoms with E-state index in [9.17, 15) is 0 Å². The van der Waals surface area contributed by atoms with Crippen LogP contribution in [-0.4, -0.2) is 9.97 Å². The molecule has 0 N–H and O–H groups in total. The molecule has 44 heavy (non-hydrogen) atoms. The van der Waals surface area contributed by atoms with Gasteiger partial charge in [0.25, 0.3) is 0 Å². The van der Waals surface area contributed by atoms with E-state index in [1.165, 1.54) is 22.3 Å². The lowest BCUT2D eigenvalue weighted by Gasteiger charge is -2.21. The lowest BCUT2D eigenvalue weighted by molar-refractivity contribution is 0.535. The summed E-state index contributed by atoms with van der Waals surface area (Å²) in [6, 6.07) is 25.7. The van der Waals surface area contributed by atoms with Crippen molar-refractivity contribution in [2.24, 2.45) is 0 Å². The maximum atomic E-state index is 6.61. The summed E-state index contributed by atoms with van der Waals surface area (Å²) in [6.45, 7) is 0. The van der Waals surface area contributed by atoms with Gasteiger partial charge in [0.05, 0.1) is 0 Å². The van der Waals surface area contributed by atoms with Gasteiger partial charge in [-0.05, 0) is 72.7 Å². The Kier molecular flexibility index (Phi) is 5.86. The van der Waals surface area contributed by atoms with E-state index in [0.717, 1.165) is 81.9 Å². The highest BCUT2D eigenvalue weighted by atomic mass is 16.3. The molecule has 3 aliphatic carbocycles. The first-order chi connectivity index (χ1) is 21.8. The number of benzene rings is 3. The second-order valence-electron chi connectivity index (χ2n) is 11.9. The van der Waals surface area contributed by atoms with E-state index >= 15 is 0 Å². The van der Waals surface area contributed by atoms with Crippen molar-refractivity contribution < 1.29 is 8.83 Å². The number of rotatable bonds is 4. The van der Waals surface area contributed by atoms with Crippen molar-refractivity contribution in [1.29, 1.82) is 0 Å². The van der Waals surface area contributed by atoms with Crippen LogP contribution in [0.4, 0.5) is 0 Å². The Morgan fingerprint density at radius 1 is 0.705 bits per heavy atom. The van der Waals surface area contributed by atoms with Crippen LogP contribution in [0.5, 0.6) is 0 Å². The fraction of sp³-hybridized carbons (Fsp3) is 0.150. The van der Waals surface area contributed by atoms with Crippen molar-refractivity contribution >= 4 is 34.2 Å². The molecule has 0 bridgehead atoms. The largest absolute Gasteiger partial charge is 0.457 e. The Labute approximate surface area is 255 Å². The summed E-state index contributed by atoms with van der Waals surface area (Å²) < 4.78 is 12.9. The van der Waals surface area contributed by atoms with Crippen LogP contribution in [0.25, 0.3) is 56.6 Å². The molecule has 212 valence electrons. The van der Waals surface area contributed by atoms with Crippen LogP contribution in [0.3, 0.4) is 0 Å². The Morgan fingerprint density at radius 3 is 2.50 bits per heavy atom. The first kappa shape index (κ1) is 25.3. The predicted octanol–water partition coefficient (Wildman–Crippen LogP) is 10.4. The predicted molar refractivity (Wildman–Crippen MR) is 177 cm³/mol. The van der Waals surface area contributed by atoms with Gasteiger partial charge in [0.2, 0.25) is 0 Å². The maximum Gasteiger partial charge on any atom is 0.180 e. The van der Waals surface area contributed by atoms with Crippen LogP contribution in [0.1, 0.15) is 65.1 Å². The highest BCUT2D eigenvalue weighted by Crippen LogP contribution is 2.44. The van der Waals surface area contributed by atoms with Gasteiger partial charge in [-0.2, -0.15) is 0 Å². The zero-order chi connectivity index (χ0) is 29.0. The van der Waals surface area contributed by atoms with Gasteiger partial charge in [-0.15, -0.1) is 0 Å². The molecule has 3 aromatic heterocycles. The van der Waals surface area contributed by atoms with Crippen LogP contribution in [0, 0.1) is 0 Å². The molecule has 0 saturated heterocycles. The first-order valence-corrected chi connectivity index (χ1v) is 15.5. The zero-order valence-corrected chi connectivity index (χ0v) is 24.2. The Bertz CT molecular complexity index is 2190. The number of furan rings is 2. The molecular formula is C40H30N2O2. The molecular weight excluding hydrogens is 540 g/mol. The summed E-state index contributed by atoms with van der Waals surface area (Å²) in [5, 5.41) is 1.03. The van der Waals surface area contributed by atoms with Gasteiger partial charge in [0.1, 0.15) is 34.1 Å². The molecule has 3 heterocycles. The highest BCUT2D eigenvalue weighted by Gasteiger charge is 2.29. The Morgan fingerprint density at radius 2 is 1.59 bits per heavy atom. The molecule has 2 unspecified atom stereocenters. The summed E-state index contributed by atoms with van der Waals surface area (Å²) in [6.07, 6.45) is 21.2. The van der Waals surface area contributed by atoms with Gasteiger partial charge >= 0.3 is 0 Å². The molecule has 0 saturated carbocycles. The summed E-state index contributed by atoms with van der Waals surface area (Å²) in [5.41, 5.74) is 10.6. The smallest absolute Gasteiger partial charge is 0.180 e. The molecule has 0 radical (unpaired) electrons. The number of hydrogen-bond donors (Lipinski definition) is 0. The average molecular weight is 571 g/mol. The Hall–Kier alpha value is -5.22. The molecule has 4 nitrogen and oxygen atoms in total. The third-order valence-corrected chi connectivity index (χ3v) is 9.24. The number of allylic oxidation sites excluding steroid dienone is 6. The number of nitrogens with zero attached hydrogens (tertiary/aromatic N) is 2. The van der Waals surface area contributed by atoms with Crippen molar-refractivity contribution in [3.8, 4) is 22.4 Å². The third-order valence-electron chi connectivity index (χ3n) is 9.24. The molecule has 9 rings (SSSR count). The third kappa shape index (κ3) is 4.13. The SMILES string of the molecule is C1=CCC(c2nc(-c3cccc(-c4ccccc4)c3)c3oc4ccc(C5CC=Cc6oc7c(c65)CCC=C7)cc4c3n2)C=C1. The summed E-state index contributed by atoms with van der Waals surface area (Å²) in [7, 11) is 0. The van der Waals surface area contributed by atoms with Crippen LogP contribution >= 0.6 is 0 Å². The monoisotopic (exact) mass is 570 g/mol. The highest BCUT2D eigenvalue weighted by molar-refractivity contribution is 6.07. The van der Waals surface area contributed by atoms with E-state index in [-0.39, 0.29) is 11.8 Å². The van der Waals surface area contributed by atoms with Gasteiger partial charge in [-0.25, -0.2) is 9.97 Å². The van der Waals surface area contributed by atoms with E-state index in [1.807, 2.05) is 6.07 Å². The van der Waals surface area contributed by atoms with Crippen molar-refractivity contribution in [1.82, 2.24) is 9.97 Å². The summed E-state index contributed by atoms with van der Waals surface area (Å²) >= 11 is 0. The molecule has 2 atom stereocenters. The van der Waals surface area contributed by atoms with Crippen LogP contribution < -0.4 is 0 Å². The quantitative estimate of drug-likeness (QED) is 0.212. The molecule has 3 aromatic carbocycles. The van der Waals surface area contributed by atoms with Gasteiger partial charge in [-0.3, -0.25) is 0 Å². The number of hydrogen-bond acceptors (Lipinski definition) is 4. The molecule has 0 fully saturated rings. The normalized spacial score (nSPS) is 18.6. The summed E-state index contributed by atoms with van der Waals surface area (Å²) in [4.78, 5) is 10.4. The minimum absolute atomic E-state index is 0.116. The second kappa shape index (κ2) is 10.2. The molecule has 0 amide bonds. The molecule has 6 aromatic rings. The minimum Gasteiger partial charge on any atom is -0.457 e. The lowest BCUT2D eigenvalue weighted by atomic mass is 9.81. The zero-order valence-electron chi connectivity index (χ0n) is 24.2. The van der Waals surface area contributed by atoms with Crippen LogP contribution in [-0.2, 0) is 6.42 Å². The molecule has 4 heteroatoms. The van der Waals surface area contributed by atoms with Crippen LogP contribution in [0.2, 0.25) is 0 Å². The van der Waals surface area contributed by atoms with Crippen molar-refractivity contribution in [3.63, 3.8) is 0 Å². The van der Waals surface area contributed by atoms with Crippen molar-refractivity contribution in [3.05, 3.63) is 143 Å². The lowest BCUT2D eigenvalue weighted by Crippen LogP contribution is -2.07. The number of fused-ring (bicyclic) bond motifs is 6. The van der Waals surface area contributed by atoms with Gasteiger partial charge < -0.3 is 8.83 Å². The Balaban J connectivity index is 1.23. The molecule has 0 spiro atoms.